The van der Waals surface area contributed by atoms with Crippen LogP contribution in [0.25, 0.3) is 6.08 Å². The average Bonchev–Trinajstić information content (AvgIpc) is 3.23. The minimum Gasteiger partial charge on any atom is -0.465 e. The third kappa shape index (κ3) is 5.81. The minimum atomic E-state index is -0.646. The summed E-state index contributed by atoms with van der Waals surface area (Å²) in [6.45, 7) is 2.51. The molecule has 1 aromatic heterocycles. The maximum Gasteiger partial charge on any atom is 0.337 e. The number of H-pyrrole nitrogens is 1. The van der Waals surface area contributed by atoms with E-state index in [0.717, 1.165) is 6.07 Å². The van der Waals surface area contributed by atoms with Crippen LogP contribution in [0, 0.1) is 5.82 Å². The smallest absolute Gasteiger partial charge is 0.337 e. The molecule has 3 rings (SSSR count). The summed E-state index contributed by atoms with van der Waals surface area (Å²) in [7, 11) is 2.72. The molecule has 0 radical (unpaired) electrons. The van der Waals surface area contributed by atoms with Crippen LogP contribution in [0.15, 0.2) is 24.3 Å². The van der Waals surface area contributed by atoms with Crippen molar-refractivity contribution in [1.29, 1.82) is 0 Å². The van der Waals surface area contributed by atoms with E-state index < -0.39 is 23.8 Å². The van der Waals surface area contributed by atoms with Crippen molar-refractivity contribution in [3.05, 3.63) is 57.9 Å². The summed E-state index contributed by atoms with van der Waals surface area (Å²) >= 11 is 6.01. The molecule has 1 fully saturated rings. The lowest BCUT2D eigenvalue weighted by molar-refractivity contribution is -0.130. The Kier molecular flexibility index (Phi) is 8.41. The zero-order chi connectivity index (χ0) is 24.8. The number of benzene rings is 1. The highest BCUT2D eigenvalue weighted by atomic mass is 35.5. The number of nitrogens with zero attached hydrogens (tertiary/aromatic N) is 2. The fourth-order valence-electron chi connectivity index (χ4n) is 3.66. The Morgan fingerprint density at radius 1 is 1.35 bits per heavy atom. The van der Waals surface area contributed by atoms with Crippen LogP contribution in [0.5, 0.6) is 0 Å². The van der Waals surface area contributed by atoms with Gasteiger partial charge >= 0.3 is 5.97 Å². The number of rotatable bonds is 7. The largest absolute Gasteiger partial charge is 0.465 e. The molecule has 34 heavy (non-hydrogen) atoms. The van der Waals surface area contributed by atoms with Crippen molar-refractivity contribution in [2.24, 2.45) is 0 Å². The molecule has 2 amide bonds. The molecule has 1 aliphatic heterocycles. The van der Waals surface area contributed by atoms with Crippen molar-refractivity contribution in [1.82, 2.24) is 20.2 Å². The van der Waals surface area contributed by atoms with Gasteiger partial charge in [0.2, 0.25) is 5.91 Å². The summed E-state index contributed by atoms with van der Waals surface area (Å²) in [6.07, 6.45) is 3.25. The number of methoxy groups -OCH3 is 2. The molecule has 182 valence electrons. The summed E-state index contributed by atoms with van der Waals surface area (Å²) in [4.78, 5) is 45.2. The minimum absolute atomic E-state index is 0.0817. The summed E-state index contributed by atoms with van der Waals surface area (Å²) < 4.78 is 24.3. The number of halogens is 2. The molecule has 1 aliphatic rings. The Labute approximate surface area is 201 Å². The number of esters is 1. The van der Waals surface area contributed by atoms with Gasteiger partial charge in [0.05, 0.1) is 30.5 Å². The molecular formula is C23H26ClFN4O5. The van der Waals surface area contributed by atoms with E-state index in [2.05, 4.69) is 20.0 Å². The molecule has 2 N–H and O–H groups in total. The maximum absolute atomic E-state index is 14.3. The first-order chi connectivity index (χ1) is 16.3. The summed E-state index contributed by atoms with van der Waals surface area (Å²) in [5.74, 6) is -1.90. The molecule has 1 aromatic carbocycles. The van der Waals surface area contributed by atoms with E-state index in [9.17, 15) is 18.8 Å². The topological polar surface area (TPSA) is 114 Å². The van der Waals surface area contributed by atoms with Crippen LogP contribution in [0.1, 0.15) is 45.6 Å². The number of aromatic amines is 1. The fourth-order valence-corrected chi connectivity index (χ4v) is 3.93. The summed E-state index contributed by atoms with van der Waals surface area (Å²) in [6, 6.07) is 3.54. The Morgan fingerprint density at radius 2 is 2.12 bits per heavy atom. The van der Waals surface area contributed by atoms with E-state index in [4.69, 9.17) is 16.3 Å². The van der Waals surface area contributed by atoms with Crippen LogP contribution in [0.3, 0.4) is 0 Å². The van der Waals surface area contributed by atoms with Crippen LogP contribution in [0.4, 0.5) is 4.39 Å². The first-order valence-electron chi connectivity index (χ1n) is 10.7. The molecule has 0 spiro atoms. The van der Waals surface area contributed by atoms with Crippen molar-refractivity contribution >= 4 is 35.5 Å². The number of hydrogen-bond acceptors (Lipinski definition) is 6. The average molecular weight is 493 g/mol. The highest BCUT2D eigenvalue weighted by molar-refractivity contribution is 6.30. The number of likely N-dealkylation sites (tertiary alicyclic amines) is 1. The number of ether oxygens (including phenoxy) is 2. The zero-order valence-corrected chi connectivity index (χ0v) is 19.8. The number of amides is 2. The van der Waals surface area contributed by atoms with Crippen LogP contribution in [-0.2, 0) is 20.7 Å². The molecule has 2 heterocycles. The van der Waals surface area contributed by atoms with Crippen molar-refractivity contribution in [3.8, 4) is 0 Å². The number of imidazole rings is 1. The number of carbonyl (C=O) groups excluding carboxylic acids is 3. The Hall–Kier alpha value is -3.24. The molecule has 0 saturated carbocycles. The van der Waals surface area contributed by atoms with Crippen molar-refractivity contribution in [3.63, 3.8) is 0 Å². The first kappa shape index (κ1) is 25.4. The molecule has 2 atom stereocenters. The third-order valence-electron chi connectivity index (χ3n) is 5.61. The lowest BCUT2D eigenvalue weighted by Gasteiger charge is -2.37. The van der Waals surface area contributed by atoms with Gasteiger partial charge in [0, 0.05) is 31.8 Å². The van der Waals surface area contributed by atoms with Crippen LogP contribution in [-0.4, -0.2) is 72.1 Å². The molecule has 0 bridgehead atoms. The number of nitrogens with one attached hydrogen (secondary N) is 2. The molecule has 0 aliphatic carbocycles. The van der Waals surface area contributed by atoms with E-state index in [1.165, 1.54) is 38.5 Å². The second kappa shape index (κ2) is 11.3. The highest BCUT2D eigenvalue weighted by Crippen LogP contribution is 2.18. The number of piperidine rings is 1. The van der Waals surface area contributed by atoms with E-state index in [-0.39, 0.29) is 40.6 Å². The fraction of sp³-hybridized carbons (Fsp3) is 0.391. The second-order valence-corrected chi connectivity index (χ2v) is 8.05. The standard InChI is InChI=1S/C23H26ClFN4O5/c1-4-16-20(24)28-21(26-16)22(31)27-17-9-10-29(12-18(17)33-2)19(30)8-7-13-5-6-14(11-15(13)25)23(32)34-3/h5-8,11,17-18H,4,9-10,12H2,1-3H3,(H,26,28)(H,27,31)/b8-7+/t17-,18+/m1/s1. The summed E-state index contributed by atoms with van der Waals surface area (Å²) in [5, 5.41) is 3.15. The lowest BCUT2D eigenvalue weighted by atomic mass is 10.0. The van der Waals surface area contributed by atoms with E-state index in [1.807, 2.05) is 6.92 Å². The molecule has 11 heteroatoms. The van der Waals surface area contributed by atoms with Gasteiger partial charge in [0.15, 0.2) is 11.0 Å². The van der Waals surface area contributed by atoms with Gasteiger partial charge < -0.3 is 24.7 Å². The first-order valence-corrected chi connectivity index (χ1v) is 11.1. The van der Waals surface area contributed by atoms with E-state index in [0.29, 0.717) is 25.1 Å². The van der Waals surface area contributed by atoms with Crippen LogP contribution >= 0.6 is 11.6 Å². The Morgan fingerprint density at radius 3 is 2.74 bits per heavy atom. The third-order valence-corrected chi connectivity index (χ3v) is 5.93. The van der Waals surface area contributed by atoms with Crippen LogP contribution < -0.4 is 5.32 Å². The lowest BCUT2D eigenvalue weighted by Crippen LogP contribution is -2.55. The van der Waals surface area contributed by atoms with Gasteiger partial charge in [0.1, 0.15) is 5.82 Å². The normalized spacial score (nSPS) is 18.2. The van der Waals surface area contributed by atoms with Gasteiger partial charge in [-0.1, -0.05) is 24.6 Å². The van der Waals surface area contributed by atoms with Gasteiger partial charge in [-0.2, -0.15) is 0 Å². The van der Waals surface area contributed by atoms with Gasteiger partial charge in [0.25, 0.3) is 5.91 Å². The maximum atomic E-state index is 14.3. The molecule has 0 unspecified atom stereocenters. The molecule has 9 nitrogen and oxygen atoms in total. The van der Waals surface area contributed by atoms with Crippen LogP contribution in [0.2, 0.25) is 5.15 Å². The molecular weight excluding hydrogens is 467 g/mol. The Bertz CT molecular complexity index is 1100. The van der Waals surface area contributed by atoms with Crippen molar-refractivity contribution in [2.75, 3.05) is 27.3 Å². The zero-order valence-electron chi connectivity index (χ0n) is 19.1. The number of aromatic nitrogens is 2. The quantitative estimate of drug-likeness (QED) is 0.453. The Balaban J connectivity index is 1.61. The van der Waals surface area contributed by atoms with Gasteiger partial charge in [-0.3, -0.25) is 9.59 Å². The SMILES string of the molecule is CCc1[nH]c(C(=O)N[C@@H]2CCN(C(=O)/C=C/c3ccc(C(=O)OC)cc3F)C[C@@H]2OC)nc1Cl. The number of carbonyl (C=O) groups is 3. The summed E-state index contributed by atoms with van der Waals surface area (Å²) in [5.41, 5.74) is 0.923. The van der Waals surface area contributed by atoms with Crippen molar-refractivity contribution < 1.29 is 28.2 Å². The number of hydrogen-bond donors (Lipinski definition) is 2. The second-order valence-electron chi connectivity index (χ2n) is 7.70. The van der Waals surface area contributed by atoms with E-state index in [1.54, 1.807) is 4.90 Å². The number of aryl methyl sites for hydroxylation is 1. The van der Waals surface area contributed by atoms with Gasteiger partial charge in [-0.15, -0.1) is 0 Å². The highest BCUT2D eigenvalue weighted by Gasteiger charge is 2.32. The predicted molar refractivity (Wildman–Crippen MR) is 123 cm³/mol. The monoisotopic (exact) mass is 492 g/mol. The molecule has 1 saturated heterocycles. The molecule has 2 aromatic rings. The predicted octanol–water partition coefficient (Wildman–Crippen LogP) is 2.61. The van der Waals surface area contributed by atoms with E-state index >= 15 is 0 Å². The van der Waals surface area contributed by atoms with Gasteiger partial charge in [-0.25, -0.2) is 14.2 Å². The van der Waals surface area contributed by atoms with Crippen molar-refractivity contribution in [2.45, 2.75) is 31.9 Å². The van der Waals surface area contributed by atoms with Gasteiger partial charge in [-0.05, 0) is 31.1 Å².